The van der Waals surface area contributed by atoms with Gasteiger partial charge in [-0.1, -0.05) is 18.5 Å². The van der Waals surface area contributed by atoms with E-state index in [9.17, 15) is 8.78 Å². The molecular formula is C10H15ClF2N4O. The molecule has 0 atom stereocenters. The van der Waals surface area contributed by atoms with Gasteiger partial charge in [0.15, 0.2) is 5.82 Å². The highest BCUT2D eigenvalue weighted by Crippen LogP contribution is 2.21. The topological polar surface area (TPSA) is 70.1 Å². The van der Waals surface area contributed by atoms with Crippen LogP contribution in [0.25, 0.3) is 0 Å². The molecule has 0 aromatic carbocycles. The van der Waals surface area contributed by atoms with E-state index in [2.05, 4.69) is 20.6 Å². The molecule has 0 spiro atoms. The van der Waals surface area contributed by atoms with Gasteiger partial charge in [0.25, 0.3) is 5.92 Å². The van der Waals surface area contributed by atoms with E-state index >= 15 is 0 Å². The Labute approximate surface area is 109 Å². The molecule has 5 nitrogen and oxygen atoms in total. The van der Waals surface area contributed by atoms with Crippen LogP contribution in [-0.4, -0.2) is 40.7 Å². The lowest BCUT2D eigenvalue weighted by atomic mass is 10.3. The van der Waals surface area contributed by atoms with Gasteiger partial charge in [0, 0.05) is 6.54 Å². The molecule has 1 aromatic heterocycles. The van der Waals surface area contributed by atoms with Crippen LogP contribution in [0.2, 0.25) is 5.02 Å². The maximum atomic E-state index is 12.9. The monoisotopic (exact) mass is 280 g/mol. The summed E-state index contributed by atoms with van der Waals surface area (Å²) >= 11 is 5.78. The summed E-state index contributed by atoms with van der Waals surface area (Å²) in [6.45, 7) is 0.675. The third-order valence-electron chi connectivity index (χ3n) is 2.02. The van der Waals surface area contributed by atoms with Crippen LogP contribution < -0.4 is 10.6 Å². The van der Waals surface area contributed by atoms with Gasteiger partial charge in [-0.2, -0.15) is 4.98 Å². The fourth-order valence-electron chi connectivity index (χ4n) is 1.08. The van der Waals surface area contributed by atoms with Gasteiger partial charge in [0.2, 0.25) is 5.95 Å². The first-order chi connectivity index (χ1) is 8.48. The maximum absolute atomic E-state index is 12.9. The molecule has 0 unspecified atom stereocenters. The van der Waals surface area contributed by atoms with Crippen molar-refractivity contribution in [3.8, 4) is 0 Å². The largest absolute Gasteiger partial charge is 0.390 e. The summed E-state index contributed by atoms with van der Waals surface area (Å²) < 4.78 is 25.7. The van der Waals surface area contributed by atoms with Gasteiger partial charge in [-0.15, -0.1) is 0 Å². The standard InChI is InChI=1S/C10H15ClF2N4O/c1-2-3-14-9-15-4-7(11)8(17-9)16-5-10(12,13)6-18/h4,18H,2-3,5-6H2,1H3,(H2,14,15,16,17). The number of hydrogen-bond donors (Lipinski definition) is 3. The lowest BCUT2D eigenvalue weighted by Gasteiger charge is -2.15. The van der Waals surface area contributed by atoms with E-state index in [-0.39, 0.29) is 10.8 Å². The fourth-order valence-corrected chi connectivity index (χ4v) is 1.24. The Bertz CT molecular complexity index is 392. The third kappa shape index (κ3) is 4.58. The Kier molecular flexibility index (Phi) is 5.49. The van der Waals surface area contributed by atoms with Crippen molar-refractivity contribution < 1.29 is 13.9 Å². The van der Waals surface area contributed by atoms with Gasteiger partial charge in [-0.25, -0.2) is 13.8 Å². The van der Waals surface area contributed by atoms with Gasteiger partial charge >= 0.3 is 0 Å². The smallest absolute Gasteiger partial charge is 0.287 e. The Balaban J connectivity index is 2.69. The average molecular weight is 281 g/mol. The third-order valence-corrected chi connectivity index (χ3v) is 2.30. The van der Waals surface area contributed by atoms with Crippen LogP contribution in [0.1, 0.15) is 13.3 Å². The molecular weight excluding hydrogens is 266 g/mol. The molecule has 0 aliphatic carbocycles. The molecule has 0 saturated carbocycles. The van der Waals surface area contributed by atoms with Crippen molar-refractivity contribution in [3.05, 3.63) is 11.2 Å². The number of aromatic nitrogens is 2. The van der Waals surface area contributed by atoms with E-state index in [4.69, 9.17) is 16.7 Å². The van der Waals surface area contributed by atoms with Crippen LogP contribution in [-0.2, 0) is 0 Å². The highest BCUT2D eigenvalue weighted by atomic mass is 35.5. The van der Waals surface area contributed by atoms with Crippen molar-refractivity contribution in [3.63, 3.8) is 0 Å². The number of hydrogen-bond acceptors (Lipinski definition) is 5. The molecule has 18 heavy (non-hydrogen) atoms. The first-order valence-corrected chi connectivity index (χ1v) is 5.85. The predicted molar refractivity (Wildman–Crippen MR) is 66.3 cm³/mol. The van der Waals surface area contributed by atoms with Gasteiger partial charge < -0.3 is 15.7 Å². The van der Waals surface area contributed by atoms with E-state index in [0.29, 0.717) is 12.5 Å². The Hall–Kier alpha value is -1.21. The Morgan fingerprint density at radius 1 is 1.44 bits per heavy atom. The van der Waals surface area contributed by atoms with Gasteiger partial charge in [-0.3, -0.25) is 0 Å². The summed E-state index contributed by atoms with van der Waals surface area (Å²) in [7, 11) is 0. The highest BCUT2D eigenvalue weighted by Gasteiger charge is 2.27. The number of rotatable bonds is 7. The zero-order valence-electron chi connectivity index (χ0n) is 9.88. The van der Waals surface area contributed by atoms with Crippen LogP contribution >= 0.6 is 11.6 Å². The maximum Gasteiger partial charge on any atom is 0.287 e. The van der Waals surface area contributed by atoms with Crippen molar-refractivity contribution in [2.24, 2.45) is 0 Å². The number of halogens is 3. The van der Waals surface area contributed by atoms with Crippen LogP contribution in [0.5, 0.6) is 0 Å². The molecule has 0 saturated heterocycles. The Morgan fingerprint density at radius 3 is 2.78 bits per heavy atom. The molecule has 1 heterocycles. The quantitative estimate of drug-likeness (QED) is 0.713. The molecule has 0 aliphatic heterocycles. The average Bonchev–Trinajstić information content (AvgIpc) is 2.36. The Morgan fingerprint density at radius 2 is 2.17 bits per heavy atom. The minimum Gasteiger partial charge on any atom is -0.390 e. The predicted octanol–water partition coefficient (Wildman–Crippen LogP) is 1.99. The number of aliphatic hydroxyl groups excluding tert-OH is 1. The van der Waals surface area contributed by atoms with E-state index in [1.807, 2.05) is 6.92 Å². The summed E-state index contributed by atoms with van der Waals surface area (Å²) in [6, 6.07) is 0. The molecule has 0 amide bonds. The van der Waals surface area contributed by atoms with Crippen LogP contribution in [0.4, 0.5) is 20.5 Å². The van der Waals surface area contributed by atoms with Crippen molar-refractivity contribution in [1.82, 2.24) is 9.97 Å². The first-order valence-electron chi connectivity index (χ1n) is 5.47. The first kappa shape index (κ1) is 14.8. The number of anilines is 2. The summed E-state index contributed by atoms with van der Waals surface area (Å²) in [6.07, 6.45) is 2.21. The SMILES string of the molecule is CCCNc1ncc(Cl)c(NCC(F)(F)CO)n1. The van der Waals surface area contributed by atoms with Gasteiger partial charge in [0.1, 0.15) is 11.6 Å². The number of aliphatic hydroxyl groups is 1. The lowest BCUT2D eigenvalue weighted by molar-refractivity contribution is -0.0373. The summed E-state index contributed by atoms with van der Waals surface area (Å²) in [5.74, 6) is -2.79. The second-order valence-electron chi connectivity index (χ2n) is 3.68. The molecule has 8 heteroatoms. The van der Waals surface area contributed by atoms with Crippen molar-refractivity contribution in [2.75, 3.05) is 30.3 Å². The van der Waals surface area contributed by atoms with E-state index < -0.39 is 19.1 Å². The molecule has 102 valence electrons. The molecule has 0 bridgehead atoms. The number of alkyl halides is 2. The van der Waals surface area contributed by atoms with E-state index in [0.717, 1.165) is 6.42 Å². The van der Waals surface area contributed by atoms with Gasteiger partial charge in [-0.05, 0) is 6.42 Å². The molecule has 3 N–H and O–H groups in total. The van der Waals surface area contributed by atoms with E-state index in [1.165, 1.54) is 6.20 Å². The zero-order valence-corrected chi connectivity index (χ0v) is 10.6. The van der Waals surface area contributed by atoms with Gasteiger partial charge in [0.05, 0.1) is 12.7 Å². The highest BCUT2D eigenvalue weighted by molar-refractivity contribution is 6.32. The number of nitrogens with zero attached hydrogens (tertiary/aromatic N) is 2. The minimum absolute atomic E-state index is 0.110. The van der Waals surface area contributed by atoms with Crippen molar-refractivity contribution in [1.29, 1.82) is 0 Å². The minimum atomic E-state index is -3.22. The summed E-state index contributed by atoms with van der Waals surface area (Å²) in [4.78, 5) is 7.88. The molecule has 0 fully saturated rings. The number of nitrogens with one attached hydrogen (secondary N) is 2. The normalized spacial score (nSPS) is 11.4. The fraction of sp³-hybridized carbons (Fsp3) is 0.600. The zero-order chi connectivity index (χ0) is 13.6. The van der Waals surface area contributed by atoms with Crippen LogP contribution in [0.3, 0.4) is 0 Å². The lowest BCUT2D eigenvalue weighted by Crippen LogP contribution is -2.31. The second kappa shape index (κ2) is 6.65. The van der Waals surface area contributed by atoms with Crippen molar-refractivity contribution >= 4 is 23.4 Å². The summed E-state index contributed by atoms with van der Waals surface area (Å²) in [5, 5.41) is 13.9. The van der Waals surface area contributed by atoms with Crippen molar-refractivity contribution in [2.45, 2.75) is 19.3 Å². The van der Waals surface area contributed by atoms with E-state index in [1.54, 1.807) is 0 Å². The molecule has 0 radical (unpaired) electrons. The van der Waals surface area contributed by atoms with Crippen LogP contribution in [0, 0.1) is 0 Å². The molecule has 0 aliphatic rings. The second-order valence-corrected chi connectivity index (χ2v) is 4.09. The molecule has 1 aromatic rings. The van der Waals surface area contributed by atoms with Crippen LogP contribution in [0.15, 0.2) is 6.20 Å². The molecule has 1 rings (SSSR count). The summed E-state index contributed by atoms with van der Waals surface area (Å²) in [5.41, 5.74) is 0.